The molecule has 0 aromatic heterocycles. The van der Waals surface area contributed by atoms with E-state index < -0.39 is 18.1 Å². The number of aryl methyl sites for hydroxylation is 1. The third-order valence-electron chi connectivity index (χ3n) is 7.25. The molecule has 0 saturated heterocycles. The molecule has 11 nitrogen and oxygen atoms in total. The van der Waals surface area contributed by atoms with E-state index in [1.54, 1.807) is 26.4 Å². The molecule has 228 valence electrons. The maximum Gasteiger partial charge on any atom is 0.328 e. The second-order valence-corrected chi connectivity index (χ2v) is 10.4. The fourth-order valence-electron chi connectivity index (χ4n) is 5.20. The second-order valence-electron chi connectivity index (χ2n) is 10.4. The number of amides is 2. The van der Waals surface area contributed by atoms with Gasteiger partial charge in [0, 0.05) is 25.5 Å². The van der Waals surface area contributed by atoms with Crippen molar-refractivity contribution in [3.05, 3.63) is 45.6 Å². The monoisotopic (exact) mass is 583 g/mol. The van der Waals surface area contributed by atoms with E-state index in [1.807, 2.05) is 26.0 Å². The molecule has 0 spiro atoms. The van der Waals surface area contributed by atoms with Crippen molar-refractivity contribution in [1.29, 1.82) is 0 Å². The van der Waals surface area contributed by atoms with Gasteiger partial charge >= 0.3 is 5.97 Å². The van der Waals surface area contributed by atoms with Gasteiger partial charge in [0.25, 0.3) is 0 Å². The molecule has 3 N–H and O–H groups in total. The van der Waals surface area contributed by atoms with Crippen LogP contribution in [0.2, 0.25) is 0 Å². The number of carbonyl (C=O) groups excluding carboxylic acids is 3. The number of ether oxygens (including phenoxy) is 4. The number of hydrogen-bond acceptors (Lipinski definition) is 9. The predicted octanol–water partition coefficient (Wildman–Crippen LogP) is 3.37. The predicted molar refractivity (Wildman–Crippen MR) is 159 cm³/mol. The standard InChI is InChI=1S/C31H41N3O8/c1-17(2)28(31(38)42-7)34-26(37)9-8-14-32-23-13-11-20-21(16-24(23)36)22(33-18(3)35)12-10-19-15-25(39-4)29(40-5)30(41-6)27(19)20/h11,13,15-17,22,28H,8-10,12,14H2,1-7H3,(H,32,36)(H,33,35)(H,34,37)/t22-,28-/m1/s1. The number of rotatable bonds is 12. The highest BCUT2D eigenvalue weighted by Crippen LogP contribution is 2.50. The zero-order valence-corrected chi connectivity index (χ0v) is 25.3. The number of hydrogen-bond donors (Lipinski definition) is 3. The van der Waals surface area contributed by atoms with Crippen LogP contribution in [-0.2, 0) is 25.5 Å². The highest BCUT2D eigenvalue weighted by molar-refractivity contribution is 5.85. The summed E-state index contributed by atoms with van der Waals surface area (Å²) < 4.78 is 21.8. The number of esters is 1. The molecule has 2 aromatic carbocycles. The first-order valence-electron chi connectivity index (χ1n) is 13.9. The molecule has 0 heterocycles. The van der Waals surface area contributed by atoms with Crippen molar-refractivity contribution in [2.75, 3.05) is 40.3 Å². The van der Waals surface area contributed by atoms with Gasteiger partial charge in [-0.25, -0.2) is 4.79 Å². The van der Waals surface area contributed by atoms with Gasteiger partial charge < -0.3 is 34.9 Å². The molecule has 0 bridgehead atoms. The Hall–Kier alpha value is -4.28. The molecule has 0 unspecified atom stereocenters. The van der Waals surface area contributed by atoms with Crippen LogP contribution in [0.5, 0.6) is 17.2 Å². The van der Waals surface area contributed by atoms with E-state index in [4.69, 9.17) is 18.9 Å². The van der Waals surface area contributed by atoms with Crippen molar-refractivity contribution < 1.29 is 33.3 Å². The number of methoxy groups -OCH3 is 4. The van der Waals surface area contributed by atoms with Crippen molar-refractivity contribution >= 4 is 23.5 Å². The molecule has 0 fully saturated rings. The molecule has 3 rings (SSSR count). The van der Waals surface area contributed by atoms with Crippen molar-refractivity contribution in [1.82, 2.24) is 10.6 Å². The van der Waals surface area contributed by atoms with Gasteiger partial charge in [-0.2, -0.15) is 0 Å². The van der Waals surface area contributed by atoms with Crippen LogP contribution in [0.1, 0.15) is 57.2 Å². The molecule has 0 aliphatic heterocycles. The number of benzene rings is 1. The molecule has 2 aromatic rings. The van der Waals surface area contributed by atoms with Crippen molar-refractivity contribution in [2.24, 2.45) is 5.92 Å². The van der Waals surface area contributed by atoms with E-state index in [2.05, 4.69) is 16.0 Å². The molecule has 42 heavy (non-hydrogen) atoms. The van der Waals surface area contributed by atoms with Crippen molar-refractivity contribution in [3.63, 3.8) is 0 Å². The zero-order valence-electron chi connectivity index (χ0n) is 25.3. The Bertz CT molecular complexity index is 1370. The smallest absolute Gasteiger partial charge is 0.328 e. The Morgan fingerprint density at radius 2 is 1.71 bits per heavy atom. The Labute approximate surface area is 246 Å². The van der Waals surface area contributed by atoms with Gasteiger partial charge in [-0.05, 0) is 60.1 Å². The molecule has 1 aliphatic carbocycles. The van der Waals surface area contributed by atoms with Crippen LogP contribution in [0.4, 0.5) is 5.69 Å². The topological polar surface area (TPSA) is 141 Å². The first-order chi connectivity index (χ1) is 20.1. The summed E-state index contributed by atoms with van der Waals surface area (Å²) in [6.45, 7) is 5.45. The van der Waals surface area contributed by atoms with Gasteiger partial charge in [-0.1, -0.05) is 19.9 Å². The second kappa shape index (κ2) is 14.6. The summed E-state index contributed by atoms with van der Waals surface area (Å²) in [5, 5.41) is 8.84. The highest BCUT2D eigenvalue weighted by Gasteiger charge is 2.29. The molecule has 2 amide bonds. The maximum atomic E-state index is 13.4. The summed E-state index contributed by atoms with van der Waals surface area (Å²) in [5.74, 6) is 0.336. The third kappa shape index (κ3) is 7.32. The molecular formula is C31H41N3O8. The molecule has 1 aliphatic rings. The van der Waals surface area contributed by atoms with Crippen LogP contribution < -0.4 is 35.6 Å². The lowest BCUT2D eigenvalue weighted by atomic mass is 9.95. The normalized spacial score (nSPS) is 14.4. The van der Waals surface area contributed by atoms with E-state index in [-0.39, 0.29) is 29.6 Å². The number of carbonyl (C=O) groups is 3. The Morgan fingerprint density at radius 3 is 2.31 bits per heavy atom. The van der Waals surface area contributed by atoms with E-state index in [1.165, 1.54) is 21.1 Å². The average molecular weight is 584 g/mol. The SMILES string of the molecule is COC(=O)[C@H](NC(=O)CCCNc1ccc2c(cc1=O)[C@H](NC(C)=O)CCc1cc(OC)c(OC)c(OC)c1-2)C(C)C. The molecule has 11 heteroatoms. The van der Waals surface area contributed by atoms with Gasteiger partial charge in [0.1, 0.15) is 6.04 Å². The summed E-state index contributed by atoms with van der Waals surface area (Å²) in [6.07, 6.45) is 1.75. The summed E-state index contributed by atoms with van der Waals surface area (Å²) >= 11 is 0. The summed E-state index contributed by atoms with van der Waals surface area (Å²) in [5.41, 5.74) is 3.18. The lowest BCUT2D eigenvalue weighted by Gasteiger charge is -2.19. The molecule has 2 atom stereocenters. The van der Waals surface area contributed by atoms with Gasteiger partial charge in [0.15, 0.2) is 11.5 Å². The third-order valence-corrected chi connectivity index (χ3v) is 7.25. The van der Waals surface area contributed by atoms with Crippen LogP contribution in [0.3, 0.4) is 0 Å². The fraction of sp³-hybridized carbons (Fsp3) is 0.484. The quantitative estimate of drug-likeness (QED) is 0.253. The van der Waals surface area contributed by atoms with Gasteiger partial charge in [0.2, 0.25) is 23.0 Å². The van der Waals surface area contributed by atoms with Crippen LogP contribution in [0.15, 0.2) is 29.1 Å². The average Bonchev–Trinajstić information content (AvgIpc) is 3.20. The lowest BCUT2D eigenvalue weighted by Crippen LogP contribution is -2.45. The highest BCUT2D eigenvalue weighted by atomic mass is 16.5. The Balaban J connectivity index is 1.93. The Kier molecular flexibility index (Phi) is 11.2. The minimum atomic E-state index is -0.720. The van der Waals surface area contributed by atoms with E-state index >= 15 is 0 Å². The molecule has 0 radical (unpaired) electrons. The van der Waals surface area contributed by atoms with Crippen LogP contribution in [0.25, 0.3) is 11.1 Å². The summed E-state index contributed by atoms with van der Waals surface area (Å²) in [4.78, 5) is 49.9. The minimum absolute atomic E-state index is 0.117. The van der Waals surface area contributed by atoms with Crippen LogP contribution >= 0.6 is 0 Å². The first kappa shape index (κ1) is 32.2. The Morgan fingerprint density at radius 1 is 1.00 bits per heavy atom. The zero-order chi connectivity index (χ0) is 31.0. The number of fused-ring (bicyclic) bond motifs is 3. The van der Waals surface area contributed by atoms with E-state index in [9.17, 15) is 19.2 Å². The number of anilines is 1. The summed E-state index contributed by atoms with van der Waals surface area (Å²) in [7, 11) is 5.93. The molecule has 0 saturated carbocycles. The van der Waals surface area contributed by atoms with Gasteiger partial charge in [-0.15, -0.1) is 0 Å². The molecular weight excluding hydrogens is 542 g/mol. The van der Waals surface area contributed by atoms with Crippen LogP contribution in [0, 0.1) is 5.92 Å². The largest absolute Gasteiger partial charge is 0.493 e. The fourth-order valence-corrected chi connectivity index (χ4v) is 5.20. The number of nitrogens with one attached hydrogen (secondary N) is 3. The maximum absolute atomic E-state index is 13.4. The van der Waals surface area contributed by atoms with Gasteiger partial charge in [0.05, 0.1) is 40.2 Å². The van der Waals surface area contributed by atoms with E-state index in [0.717, 1.165) is 16.7 Å². The van der Waals surface area contributed by atoms with Gasteiger partial charge in [-0.3, -0.25) is 14.4 Å². The first-order valence-corrected chi connectivity index (χ1v) is 13.9. The minimum Gasteiger partial charge on any atom is -0.493 e. The lowest BCUT2D eigenvalue weighted by molar-refractivity contribution is -0.146. The van der Waals surface area contributed by atoms with Crippen molar-refractivity contribution in [3.8, 4) is 28.4 Å². The summed E-state index contributed by atoms with van der Waals surface area (Å²) in [6, 6.07) is 5.84. The van der Waals surface area contributed by atoms with E-state index in [0.29, 0.717) is 54.3 Å². The van der Waals surface area contributed by atoms with Crippen molar-refractivity contribution in [2.45, 2.75) is 58.5 Å². The van der Waals surface area contributed by atoms with Crippen LogP contribution in [-0.4, -0.2) is 58.8 Å².